The molecule has 0 bridgehead atoms. The summed E-state index contributed by atoms with van der Waals surface area (Å²) in [6, 6.07) is 5.32. The zero-order valence-electron chi connectivity index (χ0n) is 7.18. The standard InChI is InChI=1S/C8H9N5/c1-13(10)6-12-8-7(5-9)3-2-4-11-8/h2-4,6H,10H2,1H3/b12-6+. The van der Waals surface area contributed by atoms with E-state index in [1.54, 1.807) is 25.4 Å². The number of nitrogens with zero attached hydrogens (tertiary/aromatic N) is 4. The van der Waals surface area contributed by atoms with Crippen molar-refractivity contribution in [1.82, 2.24) is 9.99 Å². The first-order valence-corrected chi connectivity index (χ1v) is 3.61. The molecule has 0 saturated carbocycles. The highest BCUT2D eigenvalue weighted by Crippen LogP contribution is 2.12. The third-order valence-electron chi connectivity index (χ3n) is 1.27. The Hall–Kier alpha value is -1.93. The fourth-order valence-electron chi connectivity index (χ4n) is 0.733. The van der Waals surface area contributed by atoms with Gasteiger partial charge in [-0.15, -0.1) is 0 Å². The molecule has 0 unspecified atom stereocenters. The van der Waals surface area contributed by atoms with Crippen molar-refractivity contribution >= 4 is 12.2 Å². The molecule has 1 aromatic rings. The van der Waals surface area contributed by atoms with Crippen LogP contribution in [0.3, 0.4) is 0 Å². The number of hydrogen-bond donors (Lipinski definition) is 1. The van der Waals surface area contributed by atoms with Crippen LogP contribution in [0.15, 0.2) is 23.3 Å². The zero-order valence-corrected chi connectivity index (χ0v) is 7.18. The summed E-state index contributed by atoms with van der Waals surface area (Å²) in [4.78, 5) is 7.84. The van der Waals surface area contributed by atoms with Crippen LogP contribution in [0.25, 0.3) is 0 Å². The summed E-state index contributed by atoms with van der Waals surface area (Å²) in [6.45, 7) is 0. The van der Waals surface area contributed by atoms with E-state index in [9.17, 15) is 0 Å². The molecule has 0 saturated heterocycles. The van der Waals surface area contributed by atoms with Gasteiger partial charge in [-0.25, -0.2) is 15.8 Å². The van der Waals surface area contributed by atoms with Gasteiger partial charge in [0, 0.05) is 13.2 Å². The molecule has 0 fully saturated rings. The third-order valence-corrected chi connectivity index (χ3v) is 1.27. The zero-order chi connectivity index (χ0) is 9.68. The van der Waals surface area contributed by atoms with Gasteiger partial charge in [-0.3, -0.25) is 0 Å². The molecule has 1 aromatic heterocycles. The third kappa shape index (κ3) is 2.54. The predicted molar refractivity (Wildman–Crippen MR) is 49.1 cm³/mol. The smallest absolute Gasteiger partial charge is 0.171 e. The fourth-order valence-corrected chi connectivity index (χ4v) is 0.733. The number of hydrazine groups is 1. The average molecular weight is 175 g/mol. The van der Waals surface area contributed by atoms with Crippen molar-refractivity contribution in [3.8, 4) is 6.07 Å². The maximum atomic E-state index is 8.67. The minimum atomic E-state index is 0.377. The molecule has 2 N–H and O–H groups in total. The Morgan fingerprint density at radius 2 is 2.54 bits per heavy atom. The summed E-state index contributed by atoms with van der Waals surface area (Å²) in [5.74, 6) is 5.68. The van der Waals surface area contributed by atoms with E-state index < -0.39 is 0 Å². The molecule has 1 heterocycles. The molecule has 0 atom stereocenters. The molecule has 5 nitrogen and oxygen atoms in total. The maximum absolute atomic E-state index is 8.67. The van der Waals surface area contributed by atoms with Gasteiger partial charge in [-0.2, -0.15) is 5.26 Å². The van der Waals surface area contributed by atoms with Gasteiger partial charge in [-0.05, 0) is 12.1 Å². The van der Waals surface area contributed by atoms with Gasteiger partial charge in [0.05, 0.1) is 5.56 Å². The van der Waals surface area contributed by atoms with Gasteiger partial charge in [0.1, 0.15) is 12.4 Å². The minimum Gasteiger partial charge on any atom is -0.304 e. The van der Waals surface area contributed by atoms with Crippen molar-refractivity contribution in [2.75, 3.05) is 7.05 Å². The number of nitrogens with two attached hydrogens (primary N) is 1. The summed E-state index contributed by atoms with van der Waals surface area (Å²) in [5, 5.41) is 9.96. The quantitative estimate of drug-likeness (QED) is 0.306. The Labute approximate surface area is 76.1 Å². The van der Waals surface area contributed by atoms with E-state index in [4.69, 9.17) is 11.1 Å². The van der Waals surface area contributed by atoms with E-state index in [0.717, 1.165) is 0 Å². The lowest BCUT2D eigenvalue weighted by Gasteiger charge is -2.01. The normalized spacial score (nSPS) is 9.92. The average Bonchev–Trinajstić information content (AvgIpc) is 2.15. The Balaban J connectivity index is 2.95. The van der Waals surface area contributed by atoms with Crippen LogP contribution in [0.1, 0.15) is 5.56 Å². The molecule has 0 aromatic carbocycles. The predicted octanol–water partition coefficient (Wildman–Crippen LogP) is 0.419. The van der Waals surface area contributed by atoms with Crippen LogP contribution < -0.4 is 5.84 Å². The second kappa shape index (κ2) is 4.18. The number of rotatable bonds is 2. The first-order chi connectivity index (χ1) is 6.24. The van der Waals surface area contributed by atoms with E-state index in [1.165, 1.54) is 11.3 Å². The van der Waals surface area contributed by atoms with Crippen LogP contribution in [-0.4, -0.2) is 23.4 Å². The fraction of sp³-hybridized carbons (Fsp3) is 0.125. The lowest BCUT2D eigenvalue weighted by molar-refractivity contribution is 0.556. The van der Waals surface area contributed by atoms with Crippen LogP contribution in [-0.2, 0) is 0 Å². The molecule has 0 aliphatic rings. The summed E-state index contributed by atoms with van der Waals surface area (Å²) < 4.78 is 0. The molecular formula is C8H9N5. The number of aromatic nitrogens is 1. The Bertz CT molecular complexity index is 350. The Kier molecular flexibility index (Phi) is 2.95. The van der Waals surface area contributed by atoms with Gasteiger partial charge in [0.15, 0.2) is 5.82 Å². The molecule has 0 aliphatic heterocycles. The lowest BCUT2D eigenvalue weighted by Crippen LogP contribution is -2.23. The second-order valence-electron chi connectivity index (χ2n) is 2.40. The van der Waals surface area contributed by atoms with Crippen LogP contribution >= 0.6 is 0 Å². The first-order valence-electron chi connectivity index (χ1n) is 3.61. The highest BCUT2D eigenvalue weighted by Gasteiger charge is 1.98. The van der Waals surface area contributed by atoms with Crippen molar-refractivity contribution in [3.05, 3.63) is 23.9 Å². The van der Waals surface area contributed by atoms with Crippen molar-refractivity contribution in [2.45, 2.75) is 0 Å². The maximum Gasteiger partial charge on any atom is 0.171 e. The first kappa shape index (κ1) is 9.16. The number of hydrogen-bond acceptors (Lipinski definition) is 4. The molecule has 0 amide bonds. The highest BCUT2D eigenvalue weighted by atomic mass is 15.4. The van der Waals surface area contributed by atoms with Gasteiger partial charge < -0.3 is 5.01 Å². The van der Waals surface area contributed by atoms with Crippen LogP contribution in [0, 0.1) is 11.3 Å². The summed E-state index contributed by atoms with van der Waals surface area (Å²) in [7, 11) is 1.64. The van der Waals surface area contributed by atoms with Crippen LogP contribution in [0.5, 0.6) is 0 Å². The van der Waals surface area contributed by atoms with Crippen LogP contribution in [0.2, 0.25) is 0 Å². The molecule has 0 aliphatic carbocycles. The largest absolute Gasteiger partial charge is 0.304 e. The molecule has 5 heteroatoms. The number of pyridine rings is 1. The Morgan fingerprint density at radius 1 is 1.77 bits per heavy atom. The van der Waals surface area contributed by atoms with E-state index in [1.807, 2.05) is 6.07 Å². The van der Waals surface area contributed by atoms with E-state index in [2.05, 4.69) is 9.98 Å². The monoisotopic (exact) mass is 175 g/mol. The molecule has 0 radical (unpaired) electrons. The summed E-state index contributed by atoms with van der Waals surface area (Å²) >= 11 is 0. The van der Waals surface area contributed by atoms with Gasteiger partial charge in [0.2, 0.25) is 0 Å². The highest BCUT2D eigenvalue weighted by molar-refractivity contribution is 5.61. The van der Waals surface area contributed by atoms with Gasteiger partial charge in [0.25, 0.3) is 0 Å². The minimum absolute atomic E-state index is 0.377. The van der Waals surface area contributed by atoms with Crippen molar-refractivity contribution < 1.29 is 0 Å². The molecule has 13 heavy (non-hydrogen) atoms. The summed E-state index contributed by atoms with van der Waals surface area (Å²) in [6.07, 6.45) is 2.97. The molecule has 66 valence electrons. The van der Waals surface area contributed by atoms with E-state index in [0.29, 0.717) is 11.4 Å². The van der Waals surface area contributed by atoms with Crippen LogP contribution in [0.4, 0.5) is 5.82 Å². The Morgan fingerprint density at radius 3 is 3.15 bits per heavy atom. The molecule has 1 rings (SSSR count). The van der Waals surface area contributed by atoms with Gasteiger partial charge >= 0.3 is 0 Å². The second-order valence-corrected chi connectivity index (χ2v) is 2.40. The van der Waals surface area contributed by atoms with E-state index in [-0.39, 0.29) is 0 Å². The van der Waals surface area contributed by atoms with E-state index >= 15 is 0 Å². The lowest BCUT2D eigenvalue weighted by atomic mass is 10.3. The van der Waals surface area contributed by atoms with Gasteiger partial charge in [-0.1, -0.05) is 0 Å². The molecular weight excluding hydrogens is 166 g/mol. The van der Waals surface area contributed by atoms with Crippen molar-refractivity contribution in [1.29, 1.82) is 5.26 Å². The number of nitriles is 1. The van der Waals surface area contributed by atoms with Crippen molar-refractivity contribution in [3.63, 3.8) is 0 Å². The van der Waals surface area contributed by atoms with Crippen molar-refractivity contribution in [2.24, 2.45) is 10.8 Å². The number of aliphatic imine (C=N–C) groups is 1. The summed E-state index contributed by atoms with van der Waals surface area (Å²) in [5.41, 5.74) is 0.431. The topological polar surface area (TPSA) is 78.3 Å². The SMILES string of the molecule is CN(N)/C=N/c1ncccc1C#N. The molecule has 0 spiro atoms.